The third kappa shape index (κ3) is 3.09. The molecule has 0 bridgehead atoms. The summed E-state index contributed by atoms with van der Waals surface area (Å²) in [5, 5.41) is 7.47. The predicted molar refractivity (Wildman–Crippen MR) is 97.4 cm³/mol. The molecule has 1 amide bonds. The molecule has 0 aliphatic carbocycles. The summed E-state index contributed by atoms with van der Waals surface area (Å²) in [5.74, 6) is 0.359. The molecule has 0 radical (unpaired) electrons. The third-order valence-electron chi connectivity index (χ3n) is 4.98. The molecule has 25 heavy (non-hydrogen) atoms. The van der Waals surface area contributed by atoms with Crippen LogP contribution in [0, 0.1) is 6.92 Å². The summed E-state index contributed by atoms with van der Waals surface area (Å²) in [6.45, 7) is 3.62. The van der Waals surface area contributed by atoms with Crippen LogP contribution < -0.4 is 0 Å². The van der Waals surface area contributed by atoms with Crippen molar-refractivity contribution in [3.8, 4) is 11.1 Å². The maximum atomic E-state index is 12.6. The Morgan fingerprint density at radius 3 is 2.84 bits per heavy atom. The molecule has 3 aromatic rings. The molecule has 0 unspecified atom stereocenters. The lowest BCUT2D eigenvalue weighted by Gasteiger charge is -2.32. The number of nitrogens with zero attached hydrogens (tertiary/aromatic N) is 2. The monoisotopic (exact) mass is 334 g/mol. The van der Waals surface area contributed by atoms with Gasteiger partial charge in [-0.3, -0.25) is 9.89 Å². The van der Waals surface area contributed by atoms with Gasteiger partial charge in [0.15, 0.2) is 0 Å². The van der Waals surface area contributed by atoms with E-state index in [1.165, 1.54) is 11.1 Å². The Bertz CT molecular complexity index is 848. The number of aromatic amines is 2. The van der Waals surface area contributed by atoms with Crippen molar-refractivity contribution in [2.75, 3.05) is 13.1 Å². The van der Waals surface area contributed by atoms with Crippen molar-refractivity contribution in [1.29, 1.82) is 0 Å². The van der Waals surface area contributed by atoms with Gasteiger partial charge in [-0.15, -0.1) is 0 Å². The fraction of sp³-hybridized carbons (Fsp3) is 0.300. The van der Waals surface area contributed by atoms with E-state index in [4.69, 9.17) is 0 Å². The van der Waals surface area contributed by atoms with E-state index >= 15 is 0 Å². The maximum absolute atomic E-state index is 12.6. The van der Waals surface area contributed by atoms with Gasteiger partial charge in [0.05, 0.1) is 6.20 Å². The van der Waals surface area contributed by atoms with Crippen LogP contribution in [0.5, 0.6) is 0 Å². The van der Waals surface area contributed by atoms with Crippen molar-refractivity contribution in [3.63, 3.8) is 0 Å². The number of rotatable bonds is 3. The van der Waals surface area contributed by atoms with Crippen LogP contribution in [0.2, 0.25) is 0 Å². The highest BCUT2D eigenvalue weighted by molar-refractivity contribution is 5.92. The zero-order valence-corrected chi connectivity index (χ0v) is 14.3. The molecule has 1 aliphatic heterocycles. The molecule has 0 spiro atoms. The minimum atomic E-state index is 0.0751. The summed E-state index contributed by atoms with van der Waals surface area (Å²) in [6, 6.07) is 12.2. The topological polar surface area (TPSA) is 64.8 Å². The first-order valence-corrected chi connectivity index (χ1v) is 8.75. The molecule has 1 saturated heterocycles. The maximum Gasteiger partial charge on any atom is 0.270 e. The molecule has 3 heterocycles. The molecular formula is C20H22N4O. The average molecular weight is 334 g/mol. The number of benzene rings is 1. The van der Waals surface area contributed by atoms with Crippen LogP contribution in [-0.4, -0.2) is 39.1 Å². The van der Waals surface area contributed by atoms with Crippen LogP contribution >= 0.6 is 0 Å². The fourth-order valence-corrected chi connectivity index (χ4v) is 3.60. The van der Waals surface area contributed by atoms with Gasteiger partial charge in [-0.2, -0.15) is 5.10 Å². The SMILES string of the molecule is Cc1ccc(-c2cn[nH]c2[C@H]2CCCN(C(=O)c3ccc[nH]3)C2)cc1. The number of amides is 1. The quantitative estimate of drug-likeness (QED) is 0.766. The van der Waals surface area contributed by atoms with Crippen LogP contribution in [0.15, 0.2) is 48.8 Å². The molecule has 4 rings (SSSR count). The molecule has 0 saturated carbocycles. The van der Waals surface area contributed by atoms with Gasteiger partial charge in [-0.1, -0.05) is 29.8 Å². The summed E-state index contributed by atoms with van der Waals surface area (Å²) >= 11 is 0. The molecule has 5 heteroatoms. The van der Waals surface area contributed by atoms with Gasteiger partial charge in [-0.25, -0.2) is 0 Å². The number of likely N-dealkylation sites (tertiary alicyclic amines) is 1. The number of carbonyl (C=O) groups is 1. The summed E-state index contributed by atoms with van der Waals surface area (Å²) in [6.07, 6.45) is 5.75. The van der Waals surface area contributed by atoms with Gasteiger partial charge in [0.1, 0.15) is 5.69 Å². The van der Waals surface area contributed by atoms with Crippen LogP contribution in [0.4, 0.5) is 0 Å². The smallest absolute Gasteiger partial charge is 0.270 e. The lowest BCUT2D eigenvalue weighted by molar-refractivity contribution is 0.0700. The number of carbonyl (C=O) groups excluding carboxylic acids is 1. The lowest BCUT2D eigenvalue weighted by Crippen LogP contribution is -2.39. The Morgan fingerprint density at radius 1 is 1.24 bits per heavy atom. The van der Waals surface area contributed by atoms with Crippen LogP contribution in [0.1, 0.15) is 40.5 Å². The molecular weight excluding hydrogens is 312 g/mol. The number of aromatic nitrogens is 3. The third-order valence-corrected chi connectivity index (χ3v) is 4.98. The lowest BCUT2D eigenvalue weighted by atomic mass is 9.90. The van der Waals surface area contributed by atoms with Crippen molar-refractivity contribution in [1.82, 2.24) is 20.1 Å². The number of hydrogen-bond donors (Lipinski definition) is 2. The Labute approximate surface area is 147 Å². The van der Waals surface area contributed by atoms with E-state index in [2.05, 4.69) is 46.4 Å². The molecule has 5 nitrogen and oxygen atoms in total. The van der Waals surface area contributed by atoms with Gasteiger partial charge in [0.25, 0.3) is 5.91 Å². The minimum Gasteiger partial charge on any atom is -0.357 e. The summed E-state index contributed by atoms with van der Waals surface area (Å²) < 4.78 is 0. The first-order valence-electron chi connectivity index (χ1n) is 8.75. The highest BCUT2D eigenvalue weighted by Gasteiger charge is 2.28. The molecule has 1 aromatic carbocycles. The van der Waals surface area contributed by atoms with E-state index in [0.717, 1.165) is 37.2 Å². The Hall–Kier alpha value is -2.82. The highest BCUT2D eigenvalue weighted by atomic mass is 16.2. The largest absolute Gasteiger partial charge is 0.357 e. The second-order valence-electron chi connectivity index (χ2n) is 6.74. The summed E-state index contributed by atoms with van der Waals surface area (Å²) in [4.78, 5) is 17.6. The van der Waals surface area contributed by atoms with Crippen molar-refractivity contribution in [3.05, 3.63) is 65.7 Å². The van der Waals surface area contributed by atoms with Crippen molar-refractivity contribution < 1.29 is 4.79 Å². The van der Waals surface area contributed by atoms with Crippen LogP contribution in [0.25, 0.3) is 11.1 Å². The predicted octanol–water partition coefficient (Wildman–Crippen LogP) is 3.73. The van der Waals surface area contributed by atoms with Crippen molar-refractivity contribution >= 4 is 5.91 Å². The highest BCUT2D eigenvalue weighted by Crippen LogP contribution is 2.33. The first kappa shape index (κ1) is 15.7. The molecule has 1 fully saturated rings. The first-order chi connectivity index (χ1) is 12.2. The van der Waals surface area contributed by atoms with Gasteiger partial charge in [0, 0.05) is 36.5 Å². The zero-order valence-electron chi connectivity index (χ0n) is 14.3. The molecule has 1 atom stereocenters. The second-order valence-corrected chi connectivity index (χ2v) is 6.74. The molecule has 2 N–H and O–H groups in total. The number of hydrogen-bond acceptors (Lipinski definition) is 2. The number of H-pyrrole nitrogens is 2. The van der Waals surface area contributed by atoms with Crippen molar-refractivity contribution in [2.24, 2.45) is 0 Å². The van der Waals surface area contributed by atoms with Gasteiger partial charge >= 0.3 is 0 Å². The molecule has 1 aliphatic rings. The van der Waals surface area contributed by atoms with Crippen LogP contribution in [0.3, 0.4) is 0 Å². The number of nitrogens with one attached hydrogen (secondary N) is 2. The number of aryl methyl sites for hydroxylation is 1. The molecule has 2 aromatic heterocycles. The van der Waals surface area contributed by atoms with E-state index in [9.17, 15) is 4.79 Å². The average Bonchev–Trinajstić information content (AvgIpc) is 3.34. The minimum absolute atomic E-state index is 0.0751. The van der Waals surface area contributed by atoms with Gasteiger partial charge in [0.2, 0.25) is 0 Å². The van der Waals surface area contributed by atoms with E-state index in [1.807, 2.05) is 23.2 Å². The fourth-order valence-electron chi connectivity index (χ4n) is 3.60. The summed E-state index contributed by atoms with van der Waals surface area (Å²) in [5.41, 5.74) is 5.34. The van der Waals surface area contributed by atoms with E-state index in [0.29, 0.717) is 5.69 Å². The number of piperidine rings is 1. The van der Waals surface area contributed by atoms with E-state index in [1.54, 1.807) is 6.20 Å². The zero-order chi connectivity index (χ0) is 17.2. The summed E-state index contributed by atoms with van der Waals surface area (Å²) in [7, 11) is 0. The second kappa shape index (κ2) is 6.59. The van der Waals surface area contributed by atoms with Crippen LogP contribution in [-0.2, 0) is 0 Å². The van der Waals surface area contributed by atoms with Gasteiger partial charge in [-0.05, 0) is 37.5 Å². The van der Waals surface area contributed by atoms with Crippen molar-refractivity contribution in [2.45, 2.75) is 25.7 Å². The Balaban J connectivity index is 1.57. The molecule has 128 valence electrons. The van der Waals surface area contributed by atoms with Gasteiger partial charge < -0.3 is 9.88 Å². The Morgan fingerprint density at radius 2 is 2.08 bits per heavy atom. The van der Waals surface area contributed by atoms with E-state index in [-0.39, 0.29) is 11.8 Å². The Kier molecular flexibility index (Phi) is 4.14. The van der Waals surface area contributed by atoms with E-state index < -0.39 is 0 Å². The standard InChI is InChI=1S/C20H22N4O/c1-14-6-8-15(9-7-14)17-12-22-23-19(17)16-4-3-11-24(13-16)20(25)18-5-2-10-21-18/h2,5-10,12,16,21H,3-4,11,13H2,1H3,(H,22,23)/t16-/m0/s1. The normalized spacial score (nSPS) is 17.6.